The van der Waals surface area contributed by atoms with Gasteiger partial charge in [0.15, 0.2) is 0 Å². The van der Waals surface area contributed by atoms with E-state index in [4.69, 9.17) is 4.74 Å². The first kappa shape index (κ1) is 25.2. The summed E-state index contributed by atoms with van der Waals surface area (Å²) in [5, 5.41) is 18.5. The normalized spacial score (nSPS) is 11.5. The summed E-state index contributed by atoms with van der Waals surface area (Å²) in [6, 6.07) is 16.6. The van der Waals surface area contributed by atoms with E-state index >= 15 is 0 Å². The third-order valence-corrected chi connectivity index (χ3v) is 6.14. The van der Waals surface area contributed by atoms with E-state index in [0.29, 0.717) is 22.7 Å². The summed E-state index contributed by atoms with van der Waals surface area (Å²) in [6.45, 7) is 3.08. The van der Waals surface area contributed by atoms with Crippen molar-refractivity contribution >= 4 is 44.4 Å². The summed E-state index contributed by atoms with van der Waals surface area (Å²) in [5.41, 5.74) is 4.19. The molecule has 0 atom stereocenters. The minimum Gasteiger partial charge on any atom is -0.497 e. The molecule has 11 nitrogen and oxygen atoms in total. The fraction of sp³-hybridized carbons (Fsp3) is 0.130. The zero-order chi connectivity index (χ0) is 25.6. The molecule has 0 aliphatic rings. The second-order valence-corrected chi connectivity index (χ2v) is 9.02. The van der Waals surface area contributed by atoms with Gasteiger partial charge in [-0.15, -0.1) is 0 Å². The highest BCUT2D eigenvalue weighted by Gasteiger charge is 2.22. The van der Waals surface area contributed by atoms with Crippen LogP contribution in [0.1, 0.15) is 19.4 Å². The van der Waals surface area contributed by atoms with Gasteiger partial charge >= 0.3 is 0 Å². The van der Waals surface area contributed by atoms with Gasteiger partial charge in [0.2, 0.25) is 5.91 Å². The van der Waals surface area contributed by atoms with E-state index in [1.807, 2.05) is 0 Å². The number of nitrogens with zero attached hydrogens (tertiary/aromatic N) is 2. The van der Waals surface area contributed by atoms with Crippen LogP contribution in [0.5, 0.6) is 5.75 Å². The van der Waals surface area contributed by atoms with Crippen LogP contribution in [-0.2, 0) is 14.8 Å². The standard InChI is InChI=1S/C23H23N5O6S/c1-15(17-5-4-6-19(13-17)24-16(2)29)25-26-22-12-11-21(14-23(22)28(30)31)35(32,33)27-18-7-9-20(34-3)10-8-18/h4-14,26-27H,1-3H3,(H,24,29)/b25-15+. The van der Waals surface area contributed by atoms with Gasteiger partial charge in [0, 0.05) is 24.4 Å². The molecule has 3 rings (SSSR count). The molecule has 3 aromatic carbocycles. The van der Waals surface area contributed by atoms with Crippen molar-refractivity contribution < 1.29 is 22.9 Å². The molecule has 0 radical (unpaired) electrons. The molecule has 0 unspecified atom stereocenters. The predicted octanol–water partition coefficient (Wildman–Crippen LogP) is 4.20. The van der Waals surface area contributed by atoms with E-state index < -0.39 is 20.6 Å². The van der Waals surface area contributed by atoms with Gasteiger partial charge in [0.25, 0.3) is 15.7 Å². The first-order valence-corrected chi connectivity index (χ1v) is 11.7. The molecule has 0 aliphatic heterocycles. The zero-order valence-corrected chi connectivity index (χ0v) is 19.9. The van der Waals surface area contributed by atoms with Gasteiger partial charge in [-0.1, -0.05) is 12.1 Å². The molecule has 182 valence electrons. The van der Waals surface area contributed by atoms with Gasteiger partial charge < -0.3 is 10.1 Å². The van der Waals surface area contributed by atoms with Crippen LogP contribution in [0.2, 0.25) is 0 Å². The Labute approximate surface area is 202 Å². The molecule has 0 saturated heterocycles. The Morgan fingerprint density at radius 2 is 1.71 bits per heavy atom. The highest BCUT2D eigenvalue weighted by Crippen LogP contribution is 2.29. The number of carbonyl (C=O) groups excluding carboxylic acids is 1. The van der Waals surface area contributed by atoms with E-state index in [1.165, 1.54) is 38.3 Å². The number of ether oxygens (including phenoxy) is 1. The second-order valence-electron chi connectivity index (χ2n) is 7.34. The van der Waals surface area contributed by atoms with Crippen LogP contribution >= 0.6 is 0 Å². The molecule has 1 amide bonds. The van der Waals surface area contributed by atoms with Gasteiger partial charge in [0.05, 0.1) is 22.6 Å². The van der Waals surface area contributed by atoms with Crippen LogP contribution in [0, 0.1) is 10.1 Å². The van der Waals surface area contributed by atoms with Gasteiger partial charge in [-0.2, -0.15) is 5.10 Å². The molecule has 0 aliphatic carbocycles. The van der Waals surface area contributed by atoms with Crippen molar-refractivity contribution in [3.05, 3.63) is 82.4 Å². The predicted molar refractivity (Wildman–Crippen MR) is 133 cm³/mol. The average molecular weight is 498 g/mol. The van der Waals surface area contributed by atoms with E-state index in [0.717, 1.165) is 6.07 Å². The first-order chi connectivity index (χ1) is 16.6. The molecule has 0 heterocycles. The number of nitro benzene ring substituents is 1. The van der Waals surface area contributed by atoms with Crippen molar-refractivity contribution in [2.24, 2.45) is 5.10 Å². The molecular weight excluding hydrogens is 474 g/mol. The largest absolute Gasteiger partial charge is 0.497 e. The number of hydrogen-bond donors (Lipinski definition) is 3. The number of rotatable bonds is 9. The number of benzene rings is 3. The van der Waals surface area contributed by atoms with E-state index in [2.05, 4.69) is 20.6 Å². The number of hydrogen-bond acceptors (Lipinski definition) is 8. The van der Waals surface area contributed by atoms with Gasteiger partial charge in [0.1, 0.15) is 11.4 Å². The zero-order valence-electron chi connectivity index (χ0n) is 19.1. The van der Waals surface area contributed by atoms with Crippen molar-refractivity contribution in [2.45, 2.75) is 18.7 Å². The topological polar surface area (TPSA) is 152 Å². The molecular formula is C23H23N5O6S. The Bertz CT molecular complexity index is 1390. The lowest BCUT2D eigenvalue weighted by Crippen LogP contribution is -2.13. The Morgan fingerprint density at radius 3 is 2.34 bits per heavy atom. The molecule has 0 fully saturated rings. The number of nitro groups is 1. The maximum absolute atomic E-state index is 12.8. The van der Waals surface area contributed by atoms with Gasteiger partial charge in [-0.05, 0) is 61.0 Å². The van der Waals surface area contributed by atoms with Gasteiger partial charge in [-0.3, -0.25) is 25.1 Å². The molecule has 12 heteroatoms. The number of methoxy groups -OCH3 is 1. The number of sulfonamides is 1. The number of nitrogens with one attached hydrogen (secondary N) is 3. The lowest BCUT2D eigenvalue weighted by atomic mass is 10.1. The van der Waals surface area contributed by atoms with Crippen LogP contribution in [-0.4, -0.2) is 32.1 Å². The fourth-order valence-electron chi connectivity index (χ4n) is 3.03. The van der Waals surface area contributed by atoms with Crippen LogP contribution in [0.15, 0.2) is 76.7 Å². The monoisotopic (exact) mass is 497 g/mol. The van der Waals surface area contributed by atoms with Crippen molar-refractivity contribution in [3.63, 3.8) is 0 Å². The quantitative estimate of drug-likeness (QED) is 0.228. The van der Waals surface area contributed by atoms with E-state index in [9.17, 15) is 23.3 Å². The second kappa shape index (κ2) is 10.7. The highest BCUT2D eigenvalue weighted by atomic mass is 32.2. The summed E-state index contributed by atoms with van der Waals surface area (Å²) >= 11 is 0. The van der Waals surface area contributed by atoms with Crippen molar-refractivity contribution in [2.75, 3.05) is 22.6 Å². The third kappa shape index (κ3) is 6.54. The van der Waals surface area contributed by atoms with Crippen LogP contribution < -0.4 is 20.2 Å². The van der Waals surface area contributed by atoms with Crippen molar-refractivity contribution in [1.82, 2.24) is 0 Å². The lowest BCUT2D eigenvalue weighted by Gasteiger charge is -2.10. The van der Waals surface area contributed by atoms with Crippen LogP contribution in [0.3, 0.4) is 0 Å². The summed E-state index contributed by atoms with van der Waals surface area (Å²) in [7, 11) is -2.60. The van der Waals surface area contributed by atoms with E-state index in [1.54, 1.807) is 43.3 Å². The smallest absolute Gasteiger partial charge is 0.295 e. The Hall–Kier alpha value is -4.45. The fourth-order valence-corrected chi connectivity index (χ4v) is 4.11. The summed E-state index contributed by atoms with van der Waals surface area (Å²) in [5.74, 6) is 0.332. The Kier molecular flexibility index (Phi) is 7.66. The van der Waals surface area contributed by atoms with Gasteiger partial charge in [-0.25, -0.2) is 8.42 Å². The number of hydrazone groups is 1. The Morgan fingerprint density at radius 1 is 1.00 bits per heavy atom. The lowest BCUT2D eigenvalue weighted by molar-refractivity contribution is -0.384. The Balaban J connectivity index is 1.84. The maximum Gasteiger partial charge on any atom is 0.295 e. The summed E-state index contributed by atoms with van der Waals surface area (Å²) in [6.07, 6.45) is 0. The molecule has 0 bridgehead atoms. The van der Waals surface area contributed by atoms with Crippen LogP contribution in [0.25, 0.3) is 0 Å². The molecule has 3 N–H and O–H groups in total. The van der Waals surface area contributed by atoms with Crippen LogP contribution in [0.4, 0.5) is 22.7 Å². The minimum atomic E-state index is -4.09. The molecule has 35 heavy (non-hydrogen) atoms. The van der Waals surface area contributed by atoms with Crippen molar-refractivity contribution in [3.8, 4) is 5.75 Å². The maximum atomic E-state index is 12.8. The summed E-state index contributed by atoms with van der Waals surface area (Å²) < 4.78 is 32.9. The molecule has 0 aromatic heterocycles. The van der Waals surface area contributed by atoms with E-state index in [-0.39, 0.29) is 22.2 Å². The number of amides is 1. The molecule has 0 spiro atoms. The third-order valence-electron chi connectivity index (χ3n) is 4.76. The SMILES string of the molecule is COc1ccc(NS(=O)(=O)c2ccc(N/N=C(\C)c3cccc(NC(C)=O)c3)c([N+](=O)[O-])c2)cc1. The number of anilines is 3. The molecule has 3 aromatic rings. The summed E-state index contributed by atoms with van der Waals surface area (Å²) in [4.78, 5) is 21.9. The highest BCUT2D eigenvalue weighted by molar-refractivity contribution is 7.92. The minimum absolute atomic E-state index is 0.00997. The average Bonchev–Trinajstić information content (AvgIpc) is 2.82. The first-order valence-electron chi connectivity index (χ1n) is 10.2. The number of carbonyl (C=O) groups is 1. The van der Waals surface area contributed by atoms with Crippen molar-refractivity contribution in [1.29, 1.82) is 0 Å². The molecule has 0 saturated carbocycles.